The third-order valence-corrected chi connectivity index (χ3v) is 11.8. The monoisotopic (exact) mass is 504 g/mol. The smallest absolute Gasteiger partial charge is 0.338 e. The molecule has 8 atom stereocenters. The van der Waals surface area contributed by atoms with Gasteiger partial charge in [-0.05, 0) is 92.2 Å². The van der Waals surface area contributed by atoms with Crippen molar-refractivity contribution in [3.63, 3.8) is 0 Å². The van der Waals surface area contributed by atoms with Crippen molar-refractivity contribution < 1.29 is 14.3 Å². The van der Waals surface area contributed by atoms with Crippen LogP contribution in [0.1, 0.15) is 121 Å². The molecule has 4 aliphatic carbocycles. The van der Waals surface area contributed by atoms with Gasteiger partial charge in [-0.3, -0.25) is 0 Å². The van der Waals surface area contributed by atoms with Crippen molar-refractivity contribution in [3.05, 3.63) is 47.5 Å². The first-order valence-electron chi connectivity index (χ1n) is 15.6. The molecule has 4 fully saturated rings. The fourth-order valence-electron chi connectivity index (χ4n) is 9.52. The Hall–Kier alpha value is -1.61. The van der Waals surface area contributed by atoms with Crippen LogP contribution in [0.3, 0.4) is 0 Å². The molecule has 1 saturated heterocycles. The highest BCUT2D eigenvalue weighted by Gasteiger charge is 2.78. The van der Waals surface area contributed by atoms with Crippen molar-refractivity contribution in [2.24, 2.45) is 28.6 Å². The lowest BCUT2D eigenvalue weighted by atomic mass is 9.47. The largest absolute Gasteiger partial charge is 0.459 e. The van der Waals surface area contributed by atoms with E-state index in [0.29, 0.717) is 34.3 Å². The molecule has 6 rings (SSSR count). The lowest BCUT2D eigenvalue weighted by Gasteiger charge is -2.57. The van der Waals surface area contributed by atoms with Crippen LogP contribution in [0.2, 0.25) is 0 Å². The van der Waals surface area contributed by atoms with E-state index in [4.69, 9.17) is 9.47 Å². The Morgan fingerprint density at radius 3 is 2.59 bits per heavy atom. The van der Waals surface area contributed by atoms with Crippen LogP contribution in [0.25, 0.3) is 0 Å². The second-order valence-corrected chi connectivity index (χ2v) is 13.6. The van der Waals surface area contributed by atoms with Crippen LogP contribution in [0.4, 0.5) is 0 Å². The summed E-state index contributed by atoms with van der Waals surface area (Å²) in [4.78, 5) is 12.7. The molecule has 1 spiro atoms. The molecule has 0 amide bonds. The van der Waals surface area contributed by atoms with E-state index in [1.165, 1.54) is 64.2 Å². The van der Waals surface area contributed by atoms with Crippen LogP contribution in [0, 0.1) is 28.6 Å². The first kappa shape index (κ1) is 25.7. The average Bonchev–Trinajstić information content (AvgIpc) is 3.57. The maximum atomic E-state index is 12.7. The third kappa shape index (κ3) is 4.14. The van der Waals surface area contributed by atoms with Gasteiger partial charge >= 0.3 is 5.97 Å². The molecule has 0 bridgehead atoms. The first-order valence-corrected chi connectivity index (χ1v) is 15.6. The summed E-state index contributed by atoms with van der Waals surface area (Å²) in [6, 6.07) is 9.48. The molecule has 1 aromatic rings. The summed E-state index contributed by atoms with van der Waals surface area (Å²) in [5.74, 6) is 1.91. The Morgan fingerprint density at radius 2 is 1.78 bits per heavy atom. The van der Waals surface area contributed by atoms with Crippen molar-refractivity contribution in [1.82, 2.24) is 0 Å². The topological polar surface area (TPSA) is 38.8 Å². The molecule has 202 valence electrons. The van der Waals surface area contributed by atoms with E-state index in [1.54, 1.807) is 5.57 Å². The van der Waals surface area contributed by atoms with Crippen LogP contribution < -0.4 is 0 Å². The van der Waals surface area contributed by atoms with E-state index >= 15 is 0 Å². The number of fused-ring (bicyclic) bond motifs is 3. The average molecular weight is 505 g/mol. The van der Waals surface area contributed by atoms with Gasteiger partial charge in [0.15, 0.2) is 0 Å². The second kappa shape index (κ2) is 9.85. The van der Waals surface area contributed by atoms with Gasteiger partial charge in [0, 0.05) is 5.41 Å². The molecule has 3 nitrogen and oxygen atoms in total. The van der Waals surface area contributed by atoms with Gasteiger partial charge in [-0.25, -0.2) is 4.79 Å². The molecule has 0 radical (unpaired) electrons. The molecule has 3 saturated carbocycles. The Morgan fingerprint density at radius 1 is 1.00 bits per heavy atom. The van der Waals surface area contributed by atoms with E-state index in [0.717, 1.165) is 31.6 Å². The Labute approximate surface area is 224 Å². The van der Waals surface area contributed by atoms with Crippen molar-refractivity contribution in [1.29, 1.82) is 0 Å². The van der Waals surface area contributed by atoms with Crippen LogP contribution in [0.15, 0.2) is 42.0 Å². The van der Waals surface area contributed by atoms with Gasteiger partial charge in [0.2, 0.25) is 0 Å². The van der Waals surface area contributed by atoms with Gasteiger partial charge in [0.05, 0.1) is 11.7 Å². The Balaban J connectivity index is 1.12. The standard InChI is InChI=1S/C34H48O3/c1-4-5-6-7-8-12-15-26-23-30-34(37-30)29-17-16-25-22-27(36-31(35)24-13-10-9-11-14-24)18-20-32(25,2)28(29)19-21-33(26,34)3/h9-11,13-14,17,25-28,30H,4-8,12,15-16,18-23H2,1-3H3/t25?,26-,27-,28?,30?,32-,33+,34?/m0/s1. The second-order valence-electron chi connectivity index (χ2n) is 13.6. The Bertz CT molecular complexity index is 1020. The number of esters is 1. The molecular formula is C34H48O3. The minimum absolute atomic E-state index is 0.0471. The highest BCUT2D eigenvalue weighted by molar-refractivity contribution is 5.89. The number of allylic oxidation sites excluding steroid dienone is 1. The molecule has 1 heterocycles. The van der Waals surface area contributed by atoms with Crippen molar-refractivity contribution >= 4 is 5.97 Å². The molecule has 3 heteroatoms. The van der Waals surface area contributed by atoms with E-state index in [-0.39, 0.29) is 17.7 Å². The summed E-state index contributed by atoms with van der Waals surface area (Å²) < 4.78 is 12.7. The molecule has 5 aliphatic rings. The number of hydrogen-bond acceptors (Lipinski definition) is 3. The molecule has 0 N–H and O–H groups in total. The van der Waals surface area contributed by atoms with Gasteiger partial charge in [-0.15, -0.1) is 0 Å². The summed E-state index contributed by atoms with van der Waals surface area (Å²) >= 11 is 0. The van der Waals surface area contributed by atoms with Gasteiger partial charge in [0.1, 0.15) is 11.7 Å². The number of ether oxygens (including phenoxy) is 2. The highest BCUT2D eigenvalue weighted by Crippen LogP contribution is 2.75. The molecule has 0 aromatic heterocycles. The maximum Gasteiger partial charge on any atom is 0.338 e. The summed E-state index contributed by atoms with van der Waals surface area (Å²) in [5.41, 5.74) is 3.04. The van der Waals surface area contributed by atoms with E-state index in [9.17, 15) is 4.79 Å². The summed E-state index contributed by atoms with van der Waals surface area (Å²) in [7, 11) is 0. The number of epoxide rings is 1. The zero-order valence-corrected chi connectivity index (χ0v) is 23.5. The van der Waals surface area contributed by atoms with Crippen LogP contribution in [-0.4, -0.2) is 23.8 Å². The molecule has 4 unspecified atom stereocenters. The quantitative estimate of drug-likeness (QED) is 0.146. The highest BCUT2D eigenvalue weighted by atomic mass is 16.6. The van der Waals surface area contributed by atoms with Gasteiger partial charge in [-0.1, -0.05) is 83.6 Å². The summed E-state index contributed by atoms with van der Waals surface area (Å²) in [6.45, 7) is 7.45. The SMILES string of the molecule is CCCCCCCC[C@H]1CC2OC23C2=CCC4C[C@@H](OC(=O)c5ccccc5)CC[C@]4(C)C2CC[C@]13C. The first-order chi connectivity index (χ1) is 17.9. The van der Waals surface area contributed by atoms with Gasteiger partial charge < -0.3 is 9.47 Å². The molecule has 37 heavy (non-hydrogen) atoms. The molecular weight excluding hydrogens is 456 g/mol. The number of benzene rings is 1. The van der Waals surface area contributed by atoms with Crippen LogP contribution in [-0.2, 0) is 9.47 Å². The van der Waals surface area contributed by atoms with Crippen molar-refractivity contribution in [2.45, 2.75) is 128 Å². The van der Waals surface area contributed by atoms with Gasteiger partial charge in [0.25, 0.3) is 0 Å². The lowest BCUT2D eigenvalue weighted by Crippen LogP contribution is -2.54. The minimum atomic E-state index is -0.162. The van der Waals surface area contributed by atoms with E-state index in [2.05, 4.69) is 26.8 Å². The van der Waals surface area contributed by atoms with Crippen LogP contribution >= 0.6 is 0 Å². The van der Waals surface area contributed by atoms with E-state index in [1.807, 2.05) is 30.3 Å². The normalized spacial score (nSPS) is 41.6. The number of unbranched alkanes of at least 4 members (excludes halogenated alkanes) is 5. The number of carbonyl (C=O) groups excluding carboxylic acids is 1. The Kier molecular flexibility index (Phi) is 6.83. The predicted molar refractivity (Wildman–Crippen MR) is 148 cm³/mol. The molecule has 1 aliphatic heterocycles. The zero-order chi connectivity index (χ0) is 25.7. The summed E-state index contributed by atoms with van der Waals surface area (Å²) in [5, 5.41) is 0. The fraction of sp³-hybridized carbons (Fsp3) is 0.735. The predicted octanol–water partition coefficient (Wildman–Crippen LogP) is 8.67. The van der Waals surface area contributed by atoms with Crippen molar-refractivity contribution in [3.8, 4) is 0 Å². The fourth-order valence-corrected chi connectivity index (χ4v) is 9.52. The zero-order valence-electron chi connectivity index (χ0n) is 23.5. The minimum Gasteiger partial charge on any atom is -0.459 e. The molecule has 1 aromatic carbocycles. The van der Waals surface area contributed by atoms with Gasteiger partial charge in [-0.2, -0.15) is 0 Å². The third-order valence-electron chi connectivity index (χ3n) is 11.8. The summed E-state index contributed by atoms with van der Waals surface area (Å²) in [6.07, 6.45) is 21.1. The van der Waals surface area contributed by atoms with Crippen LogP contribution in [0.5, 0.6) is 0 Å². The maximum absolute atomic E-state index is 12.7. The number of rotatable bonds is 9. The lowest BCUT2D eigenvalue weighted by molar-refractivity contribution is -0.0619. The number of carbonyl (C=O) groups is 1. The van der Waals surface area contributed by atoms with E-state index < -0.39 is 0 Å². The van der Waals surface area contributed by atoms with Crippen molar-refractivity contribution in [2.75, 3.05) is 0 Å². The number of hydrogen-bond donors (Lipinski definition) is 0.